The Hall–Kier alpha value is -4.20. The molecular weight excluding hydrogens is 400 g/mol. The van der Waals surface area contributed by atoms with E-state index in [1.807, 2.05) is 24.3 Å². The highest BCUT2D eigenvalue weighted by atomic mass is 16.7. The molecule has 31 heavy (non-hydrogen) atoms. The Labute approximate surface area is 177 Å². The predicted molar refractivity (Wildman–Crippen MR) is 112 cm³/mol. The molecule has 0 saturated heterocycles. The van der Waals surface area contributed by atoms with Crippen molar-refractivity contribution in [1.82, 2.24) is 0 Å². The monoisotopic (exact) mass is 418 g/mol. The molecule has 2 aliphatic heterocycles. The molecule has 8 heteroatoms. The Balaban J connectivity index is 1.24. The van der Waals surface area contributed by atoms with E-state index >= 15 is 0 Å². The van der Waals surface area contributed by atoms with Crippen LogP contribution in [0.4, 0.5) is 11.4 Å². The van der Waals surface area contributed by atoms with Gasteiger partial charge in [0.2, 0.25) is 6.79 Å². The van der Waals surface area contributed by atoms with Crippen LogP contribution in [0.15, 0.2) is 60.7 Å². The smallest absolute Gasteiger partial charge is 0.262 e. The lowest BCUT2D eigenvalue weighted by atomic mass is 10.1. The normalized spacial score (nSPS) is 13.6. The lowest BCUT2D eigenvalue weighted by Gasteiger charge is -2.18. The Morgan fingerprint density at radius 1 is 0.968 bits per heavy atom. The van der Waals surface area contributed by atoms with Crippen LogP contribution in [-0.4, -0.2) is 25.2 Å². The SMILES string of the molecule is O=C1COc2ccc(C(=O)Nc3cccc(COc4ccc5c(c4)OCO5)c3)cc2N1. The van der Waals surface area contributed by atoms with Gasteiger partial charge >= 0.3 is 0 Å². The topological polar surface area (TPSA) is 95.1 Å². The van der Waals surface area contributed by atoms with Crippen molar-refractivity contribution in [2.45, 2.75) is 6.61 Å². The summed E-state index contributed by atoms with van der Waals surface area (Å²) < 4.78 is 21.8. The molecule has 0 spiro atoms. The van der Waals surface area contributed by atoms with E-state index in [1.54, 1.807) is 36.4 Å². The summed E-state index contributed by atoms with van der Waals surface area (Å²) >= 11 is 0. The summed E-state index contributed by atoms with van der Waals surface area (Å²) in [5.74, 6) is 2.02. The van der Waals surface area contributed by atoms with Crippen LogP contribution in [0, 0.1) is 0 Å². The fourth-order valence-electron chi connectivity index (χ4n) is 3.30. The summed E-state index contributed by atoms with van der Waals surface area (Å²) in [5.41, 5.74) is 2.41. The van der Waals surface area contributed by atoms with E-state index in [0.717, 1.165) is 5.56 Å². The van der Waals surface area contributed by atoms with Crippen LogP contribution >= 0.6 is 0 Å². The van der Waals surface area contributed by atoms with Crippen molar-refractivity contribution in [3.63, 3.8) is 0 Å². The van der Waals surface area contributed by atoms with Gasteiger partial charge in [-0.15, -0.1) is 0 Å². The second-order valence-electron chi connectivity index (χ2n) is 7.01. The van der Waals surface area contributed by atoms with Gasteiger partial charge in [0.1, 0.15) is 18.1 Å². The third-order valence-electron chi connectivity index (χ3n) is 4.81. The second-order valence-corrected chi connectivity index (χ2v) is 7.01. The number of hydrogen-bond donors (Lipinski definition) is 2. The van der Waals surface area contributed by atoms with E-state index in [4.69, 9.17) is 18.9 Å². The summed E-state index contributed by atoms with van der Waals surface area (Å²) in [5, 5.41) is 5.56. The molecule has 3 aromatic rings. The highest BCUT2D eigenvalue weighted by molar-refractivity contribution is 6.06. The summed E-state index contributed by atoms with van der Waals surface area (Å²) in [4.78, 5) is 24.2. The van der Waals surface area contributed by atoms with Gasteiger partial charge in [-0.05, 0) is 48.0 Å². The fraction of sp³-hybridized carbons (Fsp3) is 0.130. The molecule has 2 heterocycles. The third kappa shape index (κ3) is 4.09. The number of carbonyl (C=O) groups excluding carboxylic acids is 2. The first-order chi connectivity index (χ1) is 15.1. The zero-order chi connectivity index (χ0) is 21.2. The number of benzene rings is 3. The van der Waals surface area contributed by atoms with E-state index in [2.05, 4.69) is 10.6 Å². The lowest BCUT2D eigenvalue weighted by Crippen LogP contribution is -2.25. The number of anilines is 2. The summed E-state index contributed by atoms with van der Waals surface area (Å²) in [7, 11) is 0. The van der Waals surface area contributed by atoms with Gasteiger partial charge in [0, 0.05) is 17.3 Å². The molecule has 0 radical (unpaired) electrons. The lowest BCUT2D eigenvalue weighted by molar-refractivity contribution is -0.118. The average Bonchev–Trinajstić information content (AvgIpc) is 3.25. The van der Waals surface area contributed by atoms with E-state index in [-0.39, 0.29) is 25.2 Å². The van der Waals surface area contributed by atoms with Gasteiger partial charge in [-0.25, -0.2) is 0 Å². The van der Waals surface area contributed by atoms with Crippen LogP contribution in [0.25, 0.3) is 0 Å². The fourth-order valence-corrected chi connectivity index (χ4v) is 3.30. The number of hydrogen-bond acceptors (Lipinski definition) is 6. The van der Waals surface area contributed by atoms with Crippen LogP contribution in [0.2, 0.25) is 0 Å². The number of ether oxygens (including phenoxy) is 4. The molecule has 5 rings (SSSR count). The van der Waals surface area contributed by atoms with Gasteiger partial charge in [-0.1, -0.05) is 12.1 Å². The van der Waals surface area contributed by atoms with Crippen molar-refractivity contribution >= 4 is 23.2 Å². The molecule has 8 nitrogen and oxygen atoms in total. The highest BCUT2D eigenvalue weighted by Gasteiger charge is 2.18. The van der Waals surface area contributed by atoms with Gasteiger partial charge < -0.3 is 29.6 Å². The Bertz CT molecular complexity index is 1180. The van der Waals surface area contributed by atoms with E-state index in [1.165, 1.54) is 0 Å². The molecule has 0 fully saturated rings. The minimum atomic E-state index is -0.295. The molecule has 0 saturated carbocycles. The minimum absolute atomic E-state index is 0.0281. The largest absolute Gasteiger partial charge is 0.489 e. The van der Waals surface area contributed by atoms with Crippen molar-refractivity contribution in [3.8, 4) is 23.0 Å². The van der Waals surface area contributed by atoms with Gasteiger partial charge in [0.05, 0.1) is 5.69 Å². The van der Waals surface area contributed by atoms with E-state index < -0.39 is 0 Å². The van der Waals surface area contributed by atoms with Crippen LogP contribution in [0.5, 0.6) is 23.0 Å². The van der Waals surface area contributed by atoms with Gasteiger partial charge in [0.15, 0.2) is 18.1 Å². The Kier molecular flexibility index (Phi) is 4.80. The Morgan fingerprint density at radius 2 is 1.84 bits per heavy atom. The average molecular weight is 418 g/mol. The van der Waals surface area contributed by atoms with Crippen LogP contribution in [0.3, 0.4) is 0 Å². The standard InChI is InChI=1S/C23H18N2O6/c26-22-12-29-19-6-4-15(9-18(19)25-22)23(27)24-16-3-1-2-14(8-16)11-28-17-5-7-20-21(10-17)31-13-30-20/h1-10H,11-13H2,(H,24,27)(H,25,26). The zero-order valence-electron chi connectivity index (χ0n) is 16.3. The molecular formula is C23H18N2O6. The molecule has 2 aliphatic rings. The summed E-state index contributed by atoms with van der Waals surface area (Å²) in [6.45, 7) is 0.509. The molecule has 0 bridgehead atoms. The molecule has 2 N–H and O–H groups in total. The van der Waals surface area contributed by atoms with Crippen molar-refractivity contribution in [3.05, 3.63) is 71.8 Å². The minimum Gasteiger partial charge on any atom is -0.489 e. The second kappa shape index (κ2) is 7.91. The maximum absolute atomic E-state index is 12.7. The number of nitrogens with one attached hydrogen (secondary N) is 2. The highest BCUT2D eigenvalue weighted by Crippen LogP contribution is 2.35. The maximum Gasteiger partial charge on any atom is 0.262 e. The molecule has 0 atom stereocenters. The number of fused-ring (bicyclic) bond motifs is 2. The first kappa shape index (κ1) is 18.8. The first-order valence-corrected chi connectivity index (χ1v) is 9.63. The van der Waals surface area contributed by atoms with Crippen LogP contribution in [-0.2, 0) is 11.4 Å². The van der Waals surface area contributed by atoms with Crippen molar-refractivity contribution in [2.24, 2.45) is 0 Å². The van der Waals surface area contributed by atoms with E-state index in [0.29, 0.717) is 46.5 Å². The molecule has 156 valence electrons. The quantitative estimate of drug-likeness (QED) is 0.658. The summed E-state index contributed by atoms with van der Waals surface area (Å²) in [6, 6.07) is 17.7. The van der Waals surface area contributed by atoms with E-state index in [9.17, 15) is 9.59 Å². The number of amides is 2. The molecule has 3 aromatic carbocycles. The Morgan fingerprint density at radius 3 is 2.77 bits per heavy atom. The number of carbonyl (C=O) groups is 2. The van der Waals surface area contributed by atoms with Gasteiger partial charge in [0.25, 0.3) is 11.8 Å². The third-order valence-corrected chi connectivity index (χ3v) is 4.81. The summed E-state index contributed by atoms with van der Waals surface area (Å²) in [6.07, 6.45) is 0. The van der Waals surface area contributed by atoms with Crippen molar-refractivity contribution in [2.75, 3.05) is 24.0 Å². The van der Waals surface area contributed by atoms with Gasteiger partial charge in [-0.3, -0.25) is 9.59 Å². The molecule has 0 aromatic heterocycles. The molecule has 2 amide bonds. The zero-order valence-corrected chi connectivity index (χ0v) is 16.3. The first-order valence-electron chi connectivity index (χ1n) is 9.63. The van der Waals surface area contributed by atoms with Crippen LogP contribution in [0.1, 0.15) is 15.9 Å². The molecule has 0 aliphatic carbocycles. The molecule has 0 unspecified atom stereocenters. The van der Waals surface area contributed by atoms with Crippen molar-refractivity contribution in [1.29, 1.82) is 0 Å². The predicted octanol–water partition coefficient (Wildman–Crippen LogP) is 3.58. The van der Waals surface area contributed by atoms with Crippen LogP contribution < -0.4 is 29.6 Å². The maximum atomic E-state index is 12.7. The number of rotatable bonds is 5. The van der Waals surface area contributed by atoms with Gasteiger partial charge in [-0.2, -0.15) is 0 Å². The van der Waals surface area contributed by atoms with Crippen molar-refractivity contribution < 1.29 is 28.5 Å².